The van der Waals surface area contributed by atoms with Crippen LogP contribution in [0.15, 0.2) is 52.2 Å². The predicted octanol–water partition coefficient (Wildman–Crippen LogP) is 5.31. The summed E-state index contributed by atoms with van der Waals surface area (Å²) in [6.07, 6.45) is 0. The summed E-state index contributed by atoms with van der Waals surface area (Å²) in [6, 6.07) is 13.4. The van der Waals surface area contributed by atoms with Crippen LogP contribution < -0.4 is 10.1 Å². The first kappa shape index (κ1) is 18.5. The van der Waals surface area contributed by atoms with Gasteiger partial charge in [-0.15, -0.1) is 11.3 Å². The van der Waals surface area contributed by atoms with E-state index in [0.29, 0.717) is 17.0 Å². The van der Waals surface area contributed by atoms with E-state index in [1.165, 1.54) is 0 Å². The number of rotatable bonds is 6. The summed E-state index contributed by atoms with van der Waals surface area (Å²) in [4.78, 5) is 17.0. The maximum atomic E-state index is 12.5. The van der Waals surface area contributed by atoms with Crippen LogP contribution in [-0.4, -0.2) is 18.0 Å². The van der Waals surface area contributed by atoms with Crippen molar-refractivity contribution in [3.63, 3.8) is 0 Å². The van der Waals surface area contributed by atoms with E-state index >= 15 is 0 Å². The topological polar surface area (TPSA) is 51.2 Å². The Hall–Kier alpha value is -2.31. The van der Waals surface area contributed by atoms with Crippen molar-refractivity contribution in [2.24, 2.45) is 0 Å². The monoisotopic (exact) mass is 384 g/mol. The third kappa shape index (κ3) is 4.65. The summed E-state index contributed by atoms with van der Waals surface area (Å²) in [5, 5.41) is 4.97. The van der Waals surface area contributed by atoms with E-state index in [1.54, 1.807) is 30.2 Å². The maximum absolute atomic E-state index is 12.5. The third-order valence-electron chi connectivity index (χ3n) is 3.78. The highest BCUT2D eigenvalue weighted by atomic mass is 32.2. The van der Waals surface area contributed by atoms with Gasteiger partial charge in [-0.2, -0.15) is 0 Å². The van der Waals surface area contributed by atoms with Gasteiger partial charge in [0.05, 0.1) is 12.8 Å². The number of aryl methyl sites for hydroxylation is 2. The minimum Gasteiger partial charge on any atom is -0.495 e. The van der Waals surface area contributed by atoms with Crippen molar-refractivity contribution in [1.82, 2.24) is 4.98 Å². The number of amides is 1. The quantitative estimate of drug-likeness (QED) is 0.585. The second kappa shape index (κ2) is 8.38. The highest BCUT2D eigenvalue weighted by Gasteiger charge is 2.10. The number of nitrogens with one attached hydrogen (secondary N) is 1. The molecule has 1 aromatic heterocycles. The maximum Gasteiger partial charge on any atom is 0.255 e. The molecule has 134 valence electrons. The fourth-order valence-corrected chi connectivity index (χ4v) is 4.22. The number of carbonyl (C=O) groups excluding carboxylic acids is 1. The number of nitrogens with zero attached hydrogens (tertiary/aromatic N) is 1. The normalized spacial score (nSPS) is 10.6. The molecular weight excluding hydrogens is 364 g/mol. The zero-order valence-corrected chi connectivity index (χ0v) is 16.5. The Balaban J connectivity index is 1.64. The van der Waals surface area contributed by atoms with E-state index in [9.17, 15) is 4.79 Å². The first-order chi connectivity index (χ1) is 12.5. The second-order valence-corrected chi connectivity index (χ2v) is 7.98. The zero-order chi connectivity index (χ0) is 18.5. The molecule has 0 spiro atoms. The number of anilines is 1. The molecule has 26 heavy (non-hydrogen) atoms. The molecule has 1 N–H and O–H groups in total. The van der Waals surface area contributed by atoms with E-state index in [0.717, 1.165) is 26.9 Å². The molecular formula is C20H20N2O2S2. The Labute approximate surface area is 161 Å². The average Bonchev–Trinajstić information content (AvgIpc) is 3.06. The third-order valence-corrected chi connectivity index (χ3v) is 5.99. The van der Waals surface area contributed by atoms with Gasteiger partial charge in [-0.3, -0.25) is 4.79 Å². The summed E-state index contributed by atoms with van der Waals surface area (Å²) in [6.45, 7) is 3.97. The van der Waals surface area contributed by atoms with Gasteiger partial charge in [0.15, 0.2) is 0 Å². The van der Waals surface area contributed by atoms with Gasteiger partial charge in [-0.05, 0) is 49.2 Å². The Morgan fingerprint density at radius 3 is 2.62 bits per heavy atom. The Bertz CT molecular complexity index is 904. The molecule has 0 saturated carbocycles. The molecule has 3 aromatic rings. The molecule has 0 fully saturated rings. The second-order valence-electron chi connectivity index (χ2n) is 5.90. The minimum absolute atomic E-state index is 0.149. The van der Waals surface area contributed by atoms with Crippen LogP contribution in [0.3, 0.4) is 0 Å². The van der Waals surface area contributed by atoms with Crippen LogP contribution in [0.5, 0.6) is 5.75 Å². The number of thioether (sulfide) groups is 1. The summed E-state index contributed by atoms with van der Waals surface area (Å²) in [7, 11) is 1.59. The first-order valence-electron chi connectivity index (χ1n) is 8.15. The van der Waals surface area contributed by atoms with Crippen LogP contribution in [0.4, 0.5) is 5.69 Å². The van der Waals surface area contributed by atoms with Crippen molar-refractivity contribution >= 4 is 34.7 Å². The summed E-state index contributed by atoms with van der Waals surface area (Å²) >= 11 is 3.37. The van der Waals surface area contributed by atoms with Crippen LogP contribution in [0.2, 0.25) is 0 Å². The van der Waals surface area contributed by atoms with Gasteiger partial charge in [0, 0.05) is 22.4 Å². The number of carbonyl (C=O) groups is 1. The van der Waals surface area contributed by atoms with Gasteiger partial charge in [0.2, 0.25) is 0 Å². The summed E-state index contributed by atoms with van der Waals surface area (Å²) in [5.41, 5.74) is 4.57. The van der Waals surface area contributed by atoms with Crippen molar-refractivity contribution in [2.45, 2.75) is 23.9 Å². The summed E-state index contributed by atoms with van der Waals surface area (Å²) in [5.74, 6) is 1.33. The molecule has 6 heteroatoms. The van der Waals surface area contributed by atoms with Gasteiger partial charge in [-0.25, -0.2) is 4.98 Å². The molecule has 0 aliphatic heterocycles. The number of hydrogen-bond donors (Lipinski definition) is 1. The molecule has 2 aromatic carbocycles. The fourth-order valence-electron chi connectivity index (χ4n) is 2.41. The van der Waals surface area contributed by atoms with E-state index in [4.69, 9.17) is 4.74 Å². The molecule has 3 rings (SSSR count). The first-order valence-corrected chi connectivity index (χ1v) is 10.0. The molecule has 0 unspecified atom stereocenters. The van der Waals surface area contributed by atoms with Crippen LogP contribution in [0.1, 0.15) is 27.2 Å². The summed E-state index contributed by atoms with van der Waals surface area (Å²) < 4.78 is 6.38. The van der Waals surface area contributed by atoms with Crippen LogP contribution in [0.25, 0.3) is 0 Å². The fraction of sp³-hybridized carbons (Fsp3) is 0.200. The highest BCUT2D eigenvalue weighted by molar-refractivity contribution is 8.00. The van der Waals surface area contributed by atoms with Crippen molar-refractivity contribution in [3.05, 3.63) is 70.2 Å². The highest BCUT2D eigenvalue weighted by Crippen LogP contribution is 2.27. The van der Waals surface area contributed by atoms with Crippen LogP contribution in [-0.2, 0) is 5.75 Å². The van der Waals surface area contributed by atoms with Gasteiger partial charge < -0.3 is 10.1 Å². The van der Waals surface area contributed by atoms with Crippen LogP contribution in [0, 0.1) is 13.8 Å². The zero-order valence-electron chi connectivity index (χ0n) is 14.9. The Morgan fingerprint density at radius 2 is 1.96 bits per heavy atom. The number of thiazole rings is 1. The Morgan fingerprint density at radius 1 is 1.19 bits per heavy atom. The minimum atomic E-state index is -0.149. The molecule has 0 aliphatic rings. The smallest absolute Gasteiger partial charge is 0.255 e. The number of benzene rings is 2. The lowest BCUT2D eigenvalue weighted by molar-refractivity contribution is 0.102. The lowest BCUT2D eigenvalue weighted by Crippen LogP contribution is -2.12. The lowest BCUT2D eigenvalue weighted by Gasteiger charge is -2.11. The van der Waals surface area contributed by atoms with Crippen molar-refractivity contribution in [3.8, 4) is 5.75 Å². The van der Waals surface area contributed by atoms with Crippen LogP contribution >= 0.6 is 23.1 Å². The van der Waals surface area contributed by atoms with Gasteiger partial charge >= 0.3 is 0 Å². The van der Waals surface area contributed by atoms with E-state index in [-0.39, 0.29) is 5.91 Å². The SMILES string of the molecule is COc1ccc(C)cc1NC(=O)c1ccc(CSc2nc(C)cs2)cc1. The van der Waals surface area contributed by atoms with Crippen molar-refractivity contribution in [2.75, 3.05) is 12.4 Å². The molecule has 4 nitrogen and oxygen atoms in total. The van der Waals surface area contributed by atoms with Gasteiger partial charge in [0.1, 0.15) is 10.1 Å². The number of aromatic nitrogens is 1. The predicted molar refractivity (Wildman–Crippen MR) is 109 cm³/mol. The number of methoxy groups -OCH3 is 1. The average molecular weight is 385 g/mol. The molecule has 1 heterocycles. The lowest BCUT2D eigenvalue weighted by atomic mass is 10.1. The Kier molecular flexibility index (Phi) is 5.96. The molecule has 0 radical (unpaired) electrons. The molecule has 0 aliphatic carbocycles. The van der Waals surface area contributed by atoms with E-state index < -0.39 is 0 Å². The van der Waals surface area contributed by atoms with Gasteiger partial charge in [-0.1, -0.05) is 30.0 Å². The molecule has 0 bridgehead atoms. The number of hydrogen-bond acceptors (Lipinski definition) is 5. The van der Waals surface area contributed by atoms with Gasteiger partial charge in [0.25, 0.3) is 5.91 Å². The largest absolute Gasteiger partial charge is 0.495 e. The van der Waals surface area contributed by atoms with Crippen molar-refractivity contribution < 1.29 is 9.53 Å². The van der Waals surface area contributed by atoms with Crippen molar-refractivity contribution in [1.29, 1.82) is 0 Å². The molecule has 1 amide bonds. The number of ether oxygens (including phenoxy) is 1. The standard InChI is InChI=1S/C20H20N2O2S2/c1-13-4-9-18(24-3)17(10-13)22-19(23)16-7-5-15(6-8-16)12-26-20-21-14(2)11-25-20/h4-11H,12H2,1-3H3,(H,22,23). The molecule has 0 saturated heterocycles. The van der Waals surface area contributed by atoms with E-state index in [1.807, 2.05) is 56.3 Å². The molecule has 0 atom stereocenters. The van der Waals surface area contributed by atoms with E-state index in [2.05, 4.69) is 15.7 Å².